The summed E-state index contributed by atoms with van der Waals surface area (Å²) in [6.45, 7) is 0.809. The van der Waals surface area contributed by atoms with Crippen LogP contribution in [0.25, 0.3) is 10.8 Å². The van der Waals surface area contributed by atoms with Crippen molar-refractivity contribution in [3.05, 3.63) is 48.0 Å². The van der Waals surface area contributed by atoms with E-state index in [2.05, 4.69) is 10.6 Å². The van der Waals surface area contributed by atoms with E-state index >= 15 is 0 Å². The summed E-state index contributed by atoms with van der Waals surface area (Å²) in [5, 5.41) is 17.5. The lowest BCUT2D eigenvalue weighted by Crippen LogP contribution is -2.35. The van der Waals surface area contributed by atoms with Crippen LogP contribution in [-0.4, -0.2) is 36.1 Å². The van der Waals surface area contributed by atoms with Crippen molar-refractivity contribution < 1.29 is 14.7 Å². The molecular formula is C20H24N2O3. The molecule has 5 nitrogen and oxygen atoms in total. The van der Waals surface area contributed by atoms with E-state index in [-0.39, 0.29) is 30.3 Å². The Kier molecular flexibility index (Phi) is 5.66. The van der Waals surface area contributed by atoms with Gasteiger partial charge in [-0.1, -0.05) is 36.8 Å². The normalized spacial score (nSPS) is 19.7. The highest BCUT2D eigenvalue weighted by molar-refractivity contribution is 5.98. The molecule has 5 heteroatoms. The fourth-order valence-corrected chi connectivity index (χ4v) is 3.31. The molecule has 1 aliphatic rings. The molecule has 0 aliphatic heterocycles. The van der Waals surface area contributed by atoms with E-state index in [9.17, 15) is 14.7 Å². The Hall–Kier alpha value is -2.40. The van der Waals surface area contributed by atoms with Crippen LogP contribution in [0.1, 0.15) is 36.0 Å². The first kappa shape index (κ1) is 17.4. The van der Waals surface area contributed by atoms with Crippen LogP contribution in [0.15, 0.2) is 42.5 Å². The first-order chi connectivity index (χ1) is 12.1. The molecule has 0 spiro atoms. The van der Waals surface area contributed by atoms with E-state index in [1.54, 1.807) is 6.07 Å². The molecular weight excluding hydrogens is 316 g/mol. The Morgan fingerprint density at radius 1 is 1.04 bits per heavy atom. The van der Waals surface area contributed by atoms with Crippen molar-refractivity contribution in [3.63, 3.8) is 0 Å². The van der Waals surface area contributed by atoms with Crippen molar-refractivity contribution in [2.45, 2.75) is 31.8 Å². The molecule has 0 radical (unpaired) electrons. The number of aliphatic hydroxyl groups is 1. The van der Waals surface area contributed by atoms with Gasteiger partial charge in [0.1, 0.15) is 0 Å². The Morgan fingerprint density at radius 3 is 2.60 bits per heavy atom. The number of amides is 2. The molecule has 2 amide bonds. The minimum atomic E-state index is -0.298. The highest BCUT2D eigenvalue weighted by Crippen LogP contribution is 2.24. The number of rotatable bonds is 6. The summed E-state index contributed by atoms with van der Waals surface area (Å²) in [6.07, 6.45) is 2.74. The maximum absolute atomic E-state index is 12.2. The number of hydrogen-bond acceptors (Lipinski definition) is 3. The van der Waals surface area contributed by atoms with Gasteiger partial charge in [0.2, 0.25) is 5.91 Å². The number of carbonyl (C=O) groups excluding carboxylic acids is 2. The average molecular weight is 340 g/mol. The third-order valence-corrected chi connectivity index (χ3v) is 4.83. The van der Waals surface area contributed by atoms with Gasteiger partial charge >= 0.3 is 0 Å². The summed E-state index contributed by atoms with van der Waals surface area (Å²) in [5.41, 5.74) is 0.591. The first-order valence-electron chi connectivity index (χ1n) is 8.85. The number of nitrogens with one attached hydrogen (secondary N) is 2. The first-order valence-corrected chi connectivity index (χ1v) is 8.85. The summed E-state index contributed by atoms with van der Waals surface area (Å²) >= 11 is 0. The second kappa shape index (κ2) is 8.12. The molecule has 1 fully saturated rings. The van der Waals surface area contributed by atoms with E-state index < -0.39 is 0 Å². The van der Waals surface area contributed by atoms with E-state index in [0.717, 1.165) is 30.0 Å². The Bertz CT molecular complexity index is 759. The fraction of sp³-hybridized carbons (Fsp3) is 0.400. The van der Waals surface area contributed by atoms with Gasteiger partial charge in [0.15, 0.2) is 0 Å². The van der Waals surface area contributed by atoms with Crippen LogP contribution in [0.2, 0.25) is 0 Å². The van der Waals surface area contributed by atoms with Crippen molar-refractivity contribution in [2.75, 3.05) is 13.1 Å². The predicted octanol–water partition coefficient (Wildman–Crippen LogP) is 2.24. The van der Waals surface area contributed by atoms with Crippen LogP contribution in [-0.2, 0) is 4.79 Å². The van der Waals surface area contributed by atoms with Crippen molar-refractivity contribution in [1.82, 2.24) is 10.6 Å². The second-order valence-electron chi connectivity index (χ2n) is 6.63. The summed E-state index contributed by atoms with van der Waals surface area (Å²) in [5.74, 6) is -0.112. The molecule has 2 atom stereocenters. The molecule has 132 valence electrons. The van der Waals surface area contributed by atoms with Gasteiger partial charge in [0, 0.05) is 31.0 Å². The molecule has 1 saturated carbocycles. The minimum absolute atomic E-state index is 0.0992. The molecule has 0 saturated heterocycles. The molecule has 0 heterocycles. The van der Waals surface area contributed by atoms with E-state index in [0.29, 0.717) is 18.7 Å². The number of fused-ring (bicyclic) bond motifs is 1. The molecule has 0 aromatic heterocycles. The van der Waals surface area contributed by atoms with Crippen molar-refractivity contribution in [2.24, 2.45) is 5.92 Å². The van der Waals surface area contributed by atoms with Gasteiger partial charge in [0.05, 0.1) is 6.10 Å². The molecule has 3 rings (SSSR count). The Labute approximate surface area is 147 Å². The molecule has 0 bridgehead atoms. The lowest BCUT2D eigenvalue weighted by atomic mass is 10.1. The number of aliphatic hydroxyl groups excluding tert-OH is 1. The summed E-state index contributed by atoms with van der Waals surface area (Å²) in [6, 6.07) is 13.4. The summed E-state index contributed by atoms with van der Waals surface area (Å²) < 4.78 is 0. The van der Waals surface area contributed by atoms with Gasteiger partial charge < -0.3 is 15.7 Å². The van der Waals surface area contributed by atoms with Gasteiger partial charge in [-0.05, 0) is 35.7 Å². The van der Waals surface area contributed by atoms with E-state index in [4.69, 9.17) is 0 Å². The number of hydrogen-bond donors (Lipinski definition) is 3. The largest absolute Gasteiger partial charge is 0.393 e. The maximum Gasteiger partial charge on any atom is 0.251 e. The van der Waals surface area contributed by atoms with Crippen molar-refractivity contribution >= 4 is 22.6 Å². The van der Waals surface area contributed by atoms with E-state index in [1.165, 1.54) is 0 Å². The topological polar surface area (TPSA) is 78.4 Å². The van der Waals surface area contributed by atoms with Crippen LogP contribution in [0, 0.1) is 5.92 Å². The molecule has 2 unspecified atom stereocenters. The van der Waals surface area contributed by atoms with Crippen molar-refractivity contribution in [3.8, 4) is 0 Å². The summed E-state index contributed by atoms with van der Waals surface area (Å²) in [4.78, 5) is 24.1. The van der Waals surface area contributed by atoms with Gasteiger partial charge in [0.25, 0.3) is 5.91 Å². The van der Waals surface area contributed by atoms with Crippen LogP contribution < -0.4 is 10.6 Å². The number of benzene rings is 2. The minimum Gasteiger partial charge on any atom is -0.393 e. The quantitative estimate of drug-likeness (QED) is 0.755. The number of carbonyl (C=O) groups is 2. The molecule has 1 aliphatic carbocycles. The molecule has 3 N–H and O–H groups in total. The zero-order chi connectivity index (χ0) is 17.6. The Morgan fingerprint density at radius 2 is 1.84 bits per heavy atom. The third kappa shape index (κ3) is 4.57. The lowest BCUT2D eigenvalue weighted by Gasteiger charge is -2.15. The zero-order valence-electron chi connectivity index (χ0n) is 14.2. The second-order valence-corrected chi connectivity index (χ2v) is 6.63. The van der Waals surface area contributed by atoms with Crippen LogP contribution in [0.3, 0.4) is 0 Å². The monoisotopic (exact) mass is 340 g/mol. The predicted molar refractivity (Wildman–Crippen MR) is 97.3 cm³/mol. The van der Waals surface area contributed by atoms with Gasteiger partial charge in [-0.15, -0.1) is 0 Å². The molecule has 2 aromatic rings. The smallest absolute Gasteiger partial charge is 0.251 e. The van der Waals surface area contributed by atoms with Gasteiger partial charge in [-0.25, -0.2) is 0 Å². The highest BCUT2D eigenvalue weighted by atomic mass is 16.3. The van der Waals surface area contributed by atoms with Crippen LogP contribution >= 0.6 is 0 Å². The fourth-order valence-electron chi connectivity index (χ4n) is 3.31. The zero-order valence-corrected chi connectivity index (χ0v) is 14.2. The Balaban J connectivity index is 1.43. The summed E-state index contributed by atoms with van der Waals surface area (Å²) in [7, 11) is 0. The SMILES string of the molecule is O=C(CCNC(=O)c1ccc2ccccc2c1)NCC1CCCC1O. The van der Waals surface area contributed by atoms with Gasteiger partial charge in [-0.2, -0.15) is 0 Å². The van der Waals surface area contributed by atoms with Gasteiger partial charge in [-0.3, -0.25) is 9.59 Å². The third-order valence-electron chi connectivity index (χ3n) is 4.83. The molecule has 25 heavy (non-hydrogen) atoms. The average Bonchev–Trinajstić information content (AvgIpc) is 3.04. The van der Waals surface area contributed by atoms with Crippen LogP contribution in [0.5, 0.6) is 0 Å². The molecule has 2 aromatic carbocycles. The highest BCUT2D eigenvalue weighted by Gasteiger charge is 2.25. The van der Waals surface area contributed by atoms with Crippen molar-refractivity contribution in [1.29, 1.82) is 0 Å². The standard InChI is InChI=1S/C20H24N2O3/c23-18-7-3-6-17(18)13-22-19(24)10-11-21-20(25)16-9-8-14-4-1-2-5-15(14)12-16/h1-2,4-5,8-9,12,17-18,23H,3,6-7,10-11,13H2,(H,21,25)(H,22,24). The maximum atomic E-state index is 12.2. The van der Waals surface area contributed by atoms with E-state index in [1.807, 2.05) is 36.4 Å². The van der Waals surface area contributed by atoms with Crippen LogP contribution in [0.4, 0.5) is 0 Å². The lowest BCUT2D eigenvalue weighted by molar-refractivity contribution is -0.121.